The van der Waals surface area contributed by atoms with E-state index in [4.69, 9.17) is 11.5 Å². The first kappa shape index (κ1) is 12.1. The van der Waals surface area contributed by atoms with E-state index < -0.39 is 11.9 Å². The SMILES string of the molecule is NCCCCCC(=O)OC(=O)CN. The minimum atomic E-state index is -0.677. The lowest BCUT2D eigenvalue weighted by atomic mass is 10.2. The van der Waals surface area contributed by atoms with Gasteiger partial charge in [-0.05, 0) is 19.4 Å². The summed E-state index contributed by atoms with van der Waals surface area (Å²) >= 11 is 0. The van der Waals surface area contributed by atoms with Crippen molar-refractivity contribution in [1.82, 2.24) is 0 Å². The van der Waals surface area contributed by atoms with Crippen molar-refractivity contribution in [2.45, 2.75) is 25.7 Å². The van der Waals surface area contributed by atoms with E-state index in [1.165, 1.54) is 0 Å². The van der Waals surface area contributed by atoms with Crippen molar-refractivity contribution in [2.75, 3.05) is 13.1 Å². The third-order valence-electron chi connectivity index (χ3n) is 1.48. The number of carbonyl (C=O) groups excluding carboxylic acids is 2. The van der Waals surface area contributed by atoms with Gasteiger partial charge in [0.25, 0.3) is 0 Å². The van der Waals surface area contributed by atoms with Gasteiger partial charge < -0.3 is 16.2 Å². The largest absolute Gasteiger partial charge is 0.392 e. The molecule has 5 heteroatoms. The van der Waals surface area contributed by atoms with E-state index in [0.29, 0.717) is 13.0 Å². The molecule has 0 atom stereocenters. The Labute approximate surface area is 77.4 Å². The van der Waals surface area contributed by atoms with E-state index >= 15 is 0 Å². The third kappa shape index (κ3) is 7.42. The van der Waals surface area contributed by atoms with Crippen LogP contribution in [0.1, 0.15) is 25.7 Å². The lowest BCUT2D eigenvalue weighted by Gasteiger charge is -2.00. The van der Waals surface area contributed by atoms with E-state index in [-0.39, 0.29) is 13.0 Å². The van der Waals surface area contributed by atoms with Crippen LogP contribution >= 0.6 is 0 Å². The maximum absolute atomic E-state index is 10.8. The highest BCUT2D eigenvalue weighted by molar-refractivity contribution is 5.86. The quantitative estimate of drug-likeness (QED) is 0.334. The summed E-state index contributed by atoms with van der Waals surface area (Å²) in [4.78, 5) is 21.4. The molecular weight excluding hydrogens is 172 g/mol. The zero-order chi connectivity index (χ0) is 10.1. The van der Waals surface area contributed by atoms with Gasteiger partial charge in [-0.25, -0.2) is 0 Å². The molecule has 0 aromatic carbocycles. The molecule has 0 aromatic rings. The highest BCUT2D eigenvalue weighted by Crippen LogP contribution is 2.00. The Morgan fingerprint density at radius 1 is 1.00 bits per heavy atom. The second kappa shape index (κ2) is 7.70. The molecular formula is C8H16N2O3. The van der Waals surface area contributed by atoms with Crippen molar-refractivity contribution in [3.8, 4) is 0 Å². The summed E-state index contributed by atoms with van der Waals surface area (Å²) in [7, 11) is 0. The summed E-state index contributed by atoms with van der Waals surface area (Å²) in [6.45, 7) is 0.366. The van der Waals surface area contributed by atoms with Crippen molar-refractivity contribution >= 4 is 11.9 Å². The molecule has 0 fully saturated rings. The van der Waals surface area contributed by atoms with Crippen molar-refractivity contribution in [3.63, 3.8) is 0 Å². The number of nitrogens with two attached hydrogens (primary N) is 2. The number of unbranched alkanes of at least 4 members (excludes halogenated alkanes) is 2. The van der Waals surface area contributed by atoms with Gasteiger partial charge in [0, 0.05) is 6.42 Å². The zero-order valence-corrected chi connectivity index (χ0v) is 7.62. The summed E-state index contributed by atoms with van der Waals surface area (Å²) in [5.74, 6) is -1.18. The van der Waals surface area contributed by atoms with Crippen LogP contribution < -0.4 is 11.5 Å². The Bertz CT molecular complexity index is 171. The molecule has 0 rings (SSSR count). The Hall–Kier alpha value is -0.940. The average Bonchev–Trinajstić information content (AvgIpc) is 2.12. The Kier molecular flexibility index (Phi) is 7.14. The summed E-state index contributed by atoms with van der Waals surface area (Å²) in [5.41, 5.74) is 10.2. The predicted octanol–water partition coefficient (Wildman–Crippen LogP) is -0.466. The average molecular weight is 188 g/mol. The second-order valence-corrected chi connectivity index (χ2v) is 2.65. The van der Waals surface area contributed by atoms with Crippen LogP contribution in [0.4, 0.5) is 0 Å². The van der Waals surface area contributed by atoms with E-state index in [1.807, 2.05) is 0 Å². The van der Waals surface area contributed by atoms with Gasteiger partial charge >= 0.3 is 11.9 Å². The summed E-state index contributed by atoms with van der Waals surface area (Å²) in [6.07, 6.45) is 2.72. The molecule has 13 heavy (non-hydrogen) atoms. The van der Waals surface area contributed by atoms with Crippen LogP contribution in [0.15, 0.2) is 0 Å². The van der Waals surface area contributed by atoms with Crippen LogP contribution in [0.3, 0.4) is 0 Å². The molecule has 0 aliphatic heterocycles. The summed E-state index contributed by atoms with van der Waals surface area (Å²) in [5, 5.41) is 0. The van der Waals surface area contributed by atoms with Crippen molar-refractivity contribution in [1.29, 1.82) is 0 Å². The molecule has 0 saturated heterocycles. The minimum Gasteiger partial charge on any atom is -0.392 e. The third-order valence-corrected chi connectivity index (χ3v) is 1.48. The number of esters is 2. The van der Waals surface area contributed by atoms with Gasteiger partial charge in [0.2, 0.25) is 0 Å². The molecule has 0 aliphatic rings. The van der Waals surface area contributed by atoms with Crippen LogP contribution in [-0.4, -0.2) is 25.0 Å². The molecule has 5 nitrogen and oxygen atoms in total. The van der Waals surface area contributed by atoms with E-state index in [9.17, 15) is 9.59 Å². The Morgan fingerprint density at radius 2 is 1.69 bits per heavy atom. The summed E-state index contributed by atoms with van der Waals surface area (Å²) in [6, 6.07) is 0. The number of ether oxygens (including phenoxy) is 1. The molecule has 0 spiro atoms. The van der Waals surface area contributed by atoms with Crippen molar-refractivity contribution in [2.24, 2.45) is 11.5 Å². The first-order valence-electron chi connectivity index (χ1n) is 4.34. The van der Waals surface area contributed by atoms with Crippen molar-refractivity contribution < 1.29 is 14.3 Å². The van der Waals surface area contributed by atoms with E-state index in [1.54, 1.807) is 0 Å². The highest BCUT2D eigenvalue weighted by Gasteiger charge is 2.07. The Balaban J connectivity index is 3.35. The second-order valence-electron chi connectivity index (χ2n) is 2.65. The van der Waals surface area contributed by atoms with Gasteiger partial charge in [0.05, 0.1) is 6.54 Å². The molecule has 0 amide bonds. The minimum absolute atomic E-state index is 0.255. The van der Waals surface area contributed by atoms with Gasteiger partial charge in [0.1, 0.15) is 0 Å². The van der Waals surface area contributed by atoms with Gasteiger partial charge in [-0.15, -0.1) is 0 Å². The van der Waals surface area contributed by atoms with Crippen LogP contribution in [0, 0.1) is 0 Å². The van der Waals surface area contributed by atoms with Crippen LogP contribution in [0.25, 0.3) is 0 Å². The number of hydrogen-bond acceptors (Lipinski definition) is 5. The lowest BCUT2D eigenvalue weighted by molar-refractivity contribution is -0.158. The monoisotopic (exact) mass is 188 g/mol. The molecule has 0 radical (unpaired) electrons. The van der Waals surface area contributed by atoms with Gasteiger partial charge in [0.15, 0.2) is 0 Å². The van der Waals surface area contributed by atoms with E-state index in [0.717, 1.165) is 12.8 Å². The highest BCUT2D eigenvalue weighted by atomic mass is 16.6. The molecule has 0 aliphatic carbocycles. The maximum Gasteiger partial charge on any atom is 0.327 e. The lowest BCUT2D eigenvalue weighted by Crippen LogP contribution is -2.20. The van der Waals surface area contributed by atoms with Crippen LogP contribution in [0.2, 0.25) is 0 Å². The number of carbonyl (C=O) groups is 2. The van der Waals surface area contributed by atoms with Gasteiger partial charge in [-0.1, -0.05) is 6.42 Å². The first-order chi connectivity index (χ1) is 6.20. The van der Waals surface area contributed by atoms with Crippen LogP contribution in [0.5, 0.6) is 0 Å². The molecule has 0 bridgehead atoms. The fraction of sp³-hybridized carbons (Fsp3) is 0.750. The fourth-order valence-electron chi connectivity index (χ4n) is 0.810. The fourth-order valence-corrected chi connectivity index (χ4v) is 0.810. The van der Waals surface area contributed by atoms with E-state index in [2.05, 4.69) is 4.74 Å². The van der Waals surface area contributed by atoms with Crippen molar-refractivity contribution in [3.05, 3.63) is 0 Å². The molecule has 4 N–H and O–H groups in total. The smallest absolute Gasteiger partial charge is 0.327 e. The molecule has 76 valence electrons. The summed E-state index contributed by atoms with van der Waals surface area (Å²) < 4.78 is 4.35. The molecule has 0 aromatic heterocycles. The van der Waals surface area contributed by atoms with Gasteiger partial charge in [-0.3, -0.25) is 9.59 Å². The molecule has 0 heterocycles. The standard InChI is InChI=1S/C8H16N2O3/c9-5-3-1-2-4-7(11)13-8(12)6-10/h1-6,9-10H2. The molecule has 0 saturated carbocycles. The van der Waals surface area contributed by atoms with Crippen LogP contribution in [-0.2, 0) is 14.3 Å². The molecule has 0 unspecified atom stereocenters. The van der Waals surface area contributed by atoms with Gasteiger partial charge in [-0.2, -0.15) is 0 Å². The Morgan fingerprint density at radius 3 is 2.23 bits per heavy atom. The first-order valence-corrected chi connectivity index (χ1v) is 4.34. The topological polar surface area (TPSA) is 95.4 Å². The normalized spacial score (nSPS) is 9.69. The zero-order valence-electron chi connectivity index (χ0n) is 7.62. The number of hydrogen-bond donors (Lipinski definition) is 2. The predicted molar refractivity (Wildman–Crippen MR) is 47.7 cm³/mol. The maximum atomic E-state index is 10.8. The number of rotatable bonds is 6.